The standard InChI is InChI=1S/C15H12N6S/c1-2-10(5-12-6-22-9-20-12)4-11(3-1)21-15-13-14(17-7-16-13)18-8-19-15/h1-4,6-9H,5H2,(H2,16,17,18,19,21). The Labute approximate surface area is 130 Å². The molecular formula is C15H12N6S. The summed E-state index contributed by atoms with van der Waals surface area (Å²) in [6.45, 7) is 0. The summed E-state index contributed by atoms with van der Waals surface area (Å²) in [5, 5.41) is 5.38. The zero-order valence-corrected chi connectivity index (χ0v) is 12.3. The molecule has 0 bridgehead atoms. The number of anilines is 2. The third-order valence-corrected chi connectivity index (χ3v) is 3.92. The van der Waals surface area contributed by atoms with Crippen LogP contribution in [-0.2, 0) is 6.42 Å². The van der Waals surface area contributed by atoms with Crippen LogP contribution in [0.25, 0.3) is 11.2 Å². The maximum absolute atomic E-state index is 4.32. The molecule has 4 rings (SSSR count). The zero-order chi connectivity index (χ0) is 14.8. The number of thiazole rings is 1. The lowest BCUT2D eigenvalue weighted by atomic mass is 10.1. The minimum atomic E-state index is 0.649. The van der Waals surface area contributed by atoms with Crippen LogP contribution < -0.4 is 5.32 Å². The summed E-state index contributed by atoms with van der Waals surface area (Å²) in [5.41, 5.74) is 6.56. The van der Waals surface area contributed by atoms with Gasteiger partial charge in [0.1, 0.15) is 11.8 Å². The molecule has 0 amide bonds. The Kier molecular flexibility index (Phi) is 3.24. The SMILES string of the molecule is c1cc(Cc2cscn2)cc(Nc2ncnc3nc[nH]c23)c1. The number of hydrogen-bond donors (Lipinski definition) is 2. The van der Waals surface area contributed by atoms with Crippen molar-refractivity contribution in [3.8, 4) is 0 Å². The molecule has 1 aromatic carbocycles. The van der Waals surface area contributed by atoms with Crippen molar-refractivity contribution >= 4 is 34.0 Å². The van der Waals surface area contributed by atoms with E-state index < -0.39 is 0 Å². The van der Waals surface area contributed by atoms with E-state index in [1.165, 1.54) is 11.9 Å². The second kappa shape index (κ2) is 5.53. The normalized spacial score (nSPS) is 10.9. The number of benzene rings is 1. The number of nitrogens with one attached hydrogen (secondary N) is 2. The molecule has 0 aliphatic rings. The van der Waals surface area contributed by atoms with Gasteiger partial charge in [-0.1, -0.05) is 12.1 Å². The topological polar surface area (TPSA) is 79.4 Å². The summed E-state index contributed by atoms with van der Waals surface area (Å²) < 4.78 is 0. The Morgan fingerprint density at radius 3 is 3.05 bits per heavy atom. The Balaban J connectivity index is 1.62. The van der Waals surface area contributed by atoms with Gasteiger partial charge >= 0.3 is 0 Å². The lowest BCUT2D eigenvalue weighted by Crippen LogP contribution is -1.97. The van der Waals surface area contributed by atoms with Crippen LogP contribution in [-0.4, -0.2) is 24.9 Å². The van der Waals surface area contributed by atoms with Crippen LogP contribution in [0.4, 0.5) is 11.5 Å². The van der Waals surface area contributed by atoms with Crippen LogP contribution in [0.5, 0.6) is 0 Å². The van der Waals surface area contributed by atoms with E-state index >= 15 is 0 Å². The van der Waals surface area contributed by atoms with Gasteiger partial charge in [0.2, 0.25) is 0 Å². The van der Waals surface area contributed by atoms with E-state index in [9.17, 15) is 0 Å². The second-order valence-corrected chi connectivity index (χ2v) is 5.52. The molecule has 0 saturated heterocycles. The van der Waals surface area contributed by atoms with E-state index in [2.05, 4.69) is 47.7 Å². The lowest BCUT2D eigenvalue weighted by molar-refractivity contribution is 1.11. The van der Waals surface area contributed by atoms with Crippen LogP contribution >= 0.6 is 11.3 Å². The molecule has 6 nitrogen and oxygen atoms in total. The van der Waals surface area contributed by atoms with Crippen molar-refractivity contribution < 1.29 is 0 Å². The fraction of sp³-hybridized carbons (Fsp3) is 0.0667. The summed E-state index contributed by atoms with van der Waals surface area (Å²) in [4.78, 5) is 19.9. The number of nitrogens with zero attached hydrogens (tertiary/aromatic N) is 4. The molecule has 0 saturated carbocycles. The van der Waals surface area contributed by atoms with Gasteiger partial charge in [0.15, 0.2) is 11.5 Å². The molecule has 0 aliphatic heterocycles. The molecule has 108 valence electrons. The van der Waals surface area contributed by atoms with E-state index in [-0.39, 0.29) is 0 Å². The van der Waals surface area contributed by atoms with Crippen LogP contribution in [0.3, 0.4) is 0 Å². The van der Waals surface area contributed by atoms with E-state index in [4.69, 9.17) is 0 Å². The van der Waals surface area contributed by atoms with Crippen molar-refractivity contribution in [2.45, 2.75) is 6.42 Å². The predicted octanol–water partition coefficient (Wildman–Crippen LogP) is 3.14. The van der Waals surface area contributed by atoms with Crippen molar-refractivity contribution in [1.29, 1.82) is 0 Å². The number of aromatic amines is 1. The Bertz CT molecular complexity index is 899. The fourth-order valence-corrected chi connectivity index (χ4v) is 2.85. The first-order valence-corrected chi connectivity index (χ1v) is 7.70. The maximum atomic E-state index is 4.32. The number of rotatable bonds is 4. The van der Waals surface area contributed by atoms with Gasteiger partial charge in [-0.15, -0.1) is 11.3 Å². The van der Waals surface area contributed by atoms with Crippen molar-refractivity contribution in [3.63, 3.8) is 0 Å². The predicted molar refractivity (Wildman–Crippen MR) is 86.3 cm³/mol. The minimum Gasteiger partial charge on any atom is -0.340 e. The number of aromatic nitrogens is 5. The Morgan fingerprint density at radius 1 is 1.14 bits per heavy atom. The molecule has 0 aliphatic carbocycles. The molecular weight excluding hydrogens is 296 g/mol. The monoisotopic (exact) mass is 308 g/mol. The molecule has 3 heterocycles. The highest BCUT2D eigenvalue weighted by atomic mass is 32.1. The number of H-pyrrole nitrogens is 1. The molecule has 0 radical (unpaired) electrons. The molecule has 22 heavy (non-hydrogen) atoms. The van der Waals surface area contributed by atoms with Gasteiger partial charge < -0.3 is 10.3 Å². The van der Waals surface area contributed by atoms with Crippen LogP contribution in [0.15, 0.2) is 47.8 Å². The van der Waals surface area contributed by atoms with E-state index in [1.807, 2.05) is 17.6 Å². The van der Waals surface area contributed by atoms with Crippen molar-refractivity contribution in [3.05, 3.63) is 59.1 Å². The molecule has 0 atom stereocenters. The van der Waals surface area contributed by atoms with Gasteiger partial charge in [-0.05, 0) is 17.7 Å². The van der Waals surface area contributed by atoms with Gasteiger partial charge in [-0.2, -0.15) is 0 Å². The summed E-state index contributed by atoms with van der Waals surface area (Å²) >= 11 is 1.61. The average molecular weight is 308 g/mol. The largest absolute Gasteiger partial charge is 0.340 e. The Hall–Kier alpha value is -2.80. The first-order valence-electron chi connectivity index (χ1n) is 6.75. The van der Waals surface area contributed by atoms with E-state index in [0.717, 1.165) is 23.3 Å². The fourth-order valence-electron chi connectivity index (χ4n) is 2.29. The highest BCUT2D eigenvalue weighted by Crippen LogP contribution is 2.21. The third-order valence-electron chi connectivity index (χ3n) is 3.28. The maximum Gasteiger partial charge on any atom is 0.182 e. The van der Waals surface area contributed by atoms with Crippen molar-refractivity contribution in [2.75, 3.05) is 5.32 Å². The molecule has 3 aromatic heterocycles. The van der Waals surface area contributed by atoms with Crippen LogP contribution in [0.2, 0.25) is 0 Å². The number of imidazole rings is 1. The van der Waals surface area contributed by atoms with Crippen molar-refractivity contribution in [2.24, 2.45) is 0 Å². The third kappa shape index (κ3) is 2.53. The molecule has 4 aromatic rings. The van der Waals surface area contributed by atoms with Gasteiger partial charge in [0.05, 0.1) is 17.5 Å². The molecule has 0 unspecified atom stereocenters. The quantitative estimate of drug-likeness (QED) is 0.605. The van der Waals surface area contributed by atoms with Gasteiger partial charge in [-0.25, -0.2) is 19.9 Å². The molecule has 0 fully saturated rings. The van der Waals surface area contributed by atoms with Crippen LogP contribution in [0, 0.1) is 0 Å². The summed E-state index contributed by atoms with van der Waals surface area (Å²) in [6.07, 6.45) is 3.94. The molecule has 7 heteroatoms. The highest BCUT2D eigenvalue weighted by Gasteiger charge is 2.06. The first kappa shape index (κ1) is 12.9. The number of hydrogen-bond acceptors (Lipinski definition) is 6. The summed E-state index contributed by atoms with van der Waals surface area (Å²) in [5.74, 6) is 0.716. The van der Waals surface area contributed by atoms with Gasteiger partial charge in [-0.3, -0.25) is 0 Å². The zero-order valence-electron chi connectivity index (χ0n) is 11.5. The first-order chi connectivity index (χ1) is 10.9. The second-order valence-electron chi connectivity index (χ2n) is 4.81. The van der Waals surface area contributed by atoms with Gasteiger partial charge in [0.25, 0.3) is 0 Å². The van der Waals surface area contributed by atoms with Gasteiger partial charge in [0, 0.05) is 17.5 Å². The number of fused-ring (bicyclic) bond motifs is 1. The summed E-state index contributed by atoms with van der Waals surface area (Å²) in [6, 6.07) is 8.23. The molecule has 0 spiro atoms. The van der Waals surface area contributed by atoms with E-state index in [1.54, 1.807) is 17.7 Å². The van der Waals surface area contributed by atoms with Crippen molar-refractivity contribution in [1.82, 2.24) is 24.9 Å². The van der Waals surface area contributed by atoms with E-state index in [0.29, 0.717) is 11.5 Å². The molecule has 2 N–H and O–H groups in total. The lowest BCUT2D eigenvalue weighted by Gasteiger charge is -2.07. The van der Waals surface area contributed by atoms with Crippen LogP contribution in [0.1, 0.15) is 11.3 Å². The Morgan fingerprint density at radius 2 is 2.14 bits per heavy atom. The summed E-state index contributed by atoms with van der Waals surface area (Å²) in [7, 11) is 0. The highest BCUT2D eigenvalue weighted by molar-refractivity contribution is 7.07. The average Bonchev–Trinajstić information content (AvgIpc) is 3.19. The smallest absolute Gasteiger partial charge is 0.182 e. The minimum absolute atomic E-state index is 0.649.